The van der Waals surface area contributed by atoms with Crippen LogP contribution in [0.2, 0.25) is 0 Å². The molecule has 0 aliphatic carbocycles. The molecule has 2 aromatic carbocycles. The largest absolute Gasteiger partial charge is 0.478 e. The molecule has 0 radical (unpaired) electrons. The highest BCUT2D eigenvalue weighted by molar-refractivity contribution is 5.95. The molecular formula is C24H29N3O3. The van der Waals surface area contributed by atoms with Crippen LogP contribution in [0.3, 0.4) is 0 Å². The number of hydrogen-bond donors (Lipinski definition) is 1. The number of benzene rings is 2. The zero-order valence-corrected chi connectivity index (χ0v) is 17.8. The van der Waals surface area contributed by atoms with Gasteiger partial charge in [0.05, 0.1) is 18.2 Å². The topological polar surface area (TPSA) is 77.1 Å². The number of carbonyl (C=O) groups is 1. The second-order valence-corrected chi connectivity index (χ2v) is 7.83. The van der Waals surface area contributed by atoms with E-state index < -0.39 is 5.97 Å². The molecule has 0 unspecified atom stereocenters. The molecule has 0 aliphatic heterocycles. The minimum atomic E-state index is -0.945. The SMILES string of the molecule is CCCCCc1nn(C(C)C)c(=O)n1Cc1ccc(-c2ccccc2C(=O)O)cc1. The Hall–Kier alpha value is -3.15. The molecule has 1 N–H and O–H groups in total. The van der Waals surface area contributed by atoms with Crippen LogP contribution in [0.5, 0.6) is 0 Å². The number of nitrogens with zero attached hydrogens (tertiary/aromatic N) is 3. The van der Waals surface area contributed by atoms with E-state index in [2.05, 4.69) is 12.0 Å². The predicted octanol–water partition coefficient (Wildman–Crippen LogP) is 4.77. The molecule has 0 amide bonds. The highest BCUT2D eigenvalue weighted by atomic mass is 16.4. The lowest BCUT2D eigenvalue weighted by molar-refractivity contribution is 0.0697. The fourth-order valence-electron chi connectivity index (χ4n) is 3.56. The standard InChI is InChI=1S/C24H29N3O3/c1-4-5-6-11-22-25-27(17(2)3)24(30)26(22)16-18-12-14-19(15-13-18)20-9-7-8-10-21(20)23(28)29/h7-10,12-15,17H,4-6,11,16H2,1-3H3,(H,28,29). The van der Waals surface area contributed by atoms with Gasteiger partial charge in [0.25, 0.3) is 0 Å². The summed E-state index contributed by atoms with van der Waals surface area (Å²) in [6.45, 7) is 6.53. The van der Waals surface area contributed by atoms with Crippen molar-refractivity contribution < 1.29 is 9.90 Å². The van der Waals surface area contributed by atoms with E-state index in [-0.39, 0.29) is 17.3 Å². The Morgan fingerprint density at radius 1 is 1.07 bits per heavy atom. The molecule has 0 saturated carbocycles. The van der Waals surface area contributed by atoms with Crippen molar-refractivity contribution in [1.82, 2.24) is 14.3 Å². The smallest absolute Gasteiger partial charge is 0.346 e. The third kappa shape index (κ3) is 4.70. The third-order valence-electron chi connectivity index (χ3n) is 5.22. The van der Waals surface area contributed by atoms with E-state index >= 15 is 0 Å². The summed E-state index contributed by atoms with van der Waals surface area (Å²) in [7, 11) is 0. The van der Waals surface area contributed by atoms with Crippen LogP contribution in [0.15, 0.2) is 53.3 Å². The van der Waals surface area contributed by atoms with E-state index in [4.69, 9.17) is 0 Å². The van der Waals surface area contributed by atoms with E-state index in [0.717, 1.165) is 42.6 Å². The molecule has 6 heteroatoms. The minimum Gasteiger partial charge on any atom is -0.478 e. The van der Waals surface area contributed by atoms with Gasteiger partial charge in [0.1, 0.15) is 5.82 Å². The summed E-state index contributed by atoms with van der Waals surface area (Å²) >= 11 is 0. The van der Waals surface area contributed by atoms with Crippen molar-refractivity contribution in [3.63, 3.8) is 0 Å². The lowest BCUT2D eigenvalue weighted by Crippen LogP contribution is -2.27. The Kier molecular flexibility index (Phi) is 6.87. The van der Waals surface area contributed by atoms with Crippen LogP contribution in [0, 0.1) is 0 Å². The maximum Gasteiger partial charge on any atom is 0.346 e. The van der Waals surface area contributed by atoms with Gasteiger partial charge in [-0.05, 0) is 43.0 Å². The molecule has 30 heavy (non-hydrogen) atoms. The Morgan fingerprint density at radius 2 is 1.77 bits per heavy atom. The first-order chi connectivity index (χ1) is 14.4. The fourth-order valence-corrected chi connectivity index (χ4v) is 3.56. The molecule has 1 aromatic heterocycles. The number of carboxylic acids is 1. The number of carboxylic acid groups (broad SMARTS) is 1. The molecular weight excluding hydrogens is 378 g/mol. The van der Waals surface area contributed by atoms with Gasteiger partial charge in [-0.25, -0.2) is 14.3 Å². The van der Waals surface area contributed by atoms with Gasteiger partial charge in [0.15, 0.2) is 0 Å². The number of aromatic carboxylic acids is 1. The van der Waals surface area contributed by atoms with Gasteiger partial charge in [-0.15, -0.1) is 0 Å². The van der Waals surface area contributed by atoms with Gasteiger partial charge in [-0.3, -0.25) is 4.57 Å². The summed E-state index contributed by atoms with van der Waals surface area (Å²) in [5, 5.41) is 14.0. The average Bonchev–Trinajstić information content (AvgIpc) is 3.04. The molecule has 0 bridgehead atoms. The van der Waals surface area contributed by atoms with Gasteiger partial charge in [0, 0.05) is 6.42 Å². The summed E-state index contributed by atoms with van der Waals surface area (Å²) in [6.07, 6.45) is 4.03. The van der Waals surface area contributed by atoms with E-state index in [0.29, 0.717) is 12.1 Å². The first-order valence-electron chi connectivity index (χ1n) is 10.5. The van der Waals surface area contributed by atoms with Gasteiger partial charge in [-0.1, -0.05) is 62.2 Å². The Morgan fingerprint density at radius 3 is 2.40 bits per heavy atom. The number of unbranched alkanes of at least 4 members (excludes halogenated alkanes) is 2. The molecule has 0 atom stereocenters. The molecule has 158 valence electrons. The van der Waals surface area contributed by atoms with Crippen LogP contribution in [0.25, 0.3) is 11.1 Å². The van der Waals surface area contributed by atoms with Crippen molar-refractivity contribution in [3.05, 3.63) is 76.0 Å². The normalized spacial score (nSPS) is 11.2. The van der Waals surface area contributed by atoms with E-state index in [9.17, 15) is 14.7 Å². The summed E-state index contributed by atoms with van der Waals surface area (Å²) in [5.41, 5.74) is 2.69. The first kappa shape index (κ1) is 21.6. The van der Waals surface area contributed by atoms with Crippen molar-refractivity contribution in [1.29, 1.82) is 0 Å². The lowest BCUT2D eigenvalue weighted by Gasteiger charge is -2.09. The maximum absolute atomic E-state index is 12.9. The van der Waals surface area contributed by atoms with E-state index in [1.165, 1.54) is 0 Å². The van der Waals surface area contributed by atoms with E-state index in [1.54, 1.807) is 21.4 Å². The maximum atomic E-state index is 12.9. The highest BCUT2D eigenvalue weighted by Gasteiger charge is 2.16. The average molecular weight is 408 g/mol. The molecule has 0 fully saturated rings. The van der Waals surface area contributed by atoms with E-state index in [1.807, 2.05) is 50.2 Å². The van der Waals surface area contributed by atoms with Crippen LogP contribution in [0.4, 0.5) is 0 Å². The van der Waals surface area contributed by atoms with Gasteiger partial charge >= 0.3 is 11.7 Å². The Bertz CT molecular complexity index is 1060. The molecule has 1 heterocycles. The Labute approximate surface area is 176 Å². The van der Waals surface area contributed by atoms with Crippen molar-refractivity contribution in [3.8, 4) is 11.1 Å². The Balaban J connectivity index is 1.88. The fraction of sp³-hybridized carbons (Fsp3) is 0.375. The molecule has 0 saturated heterocycles. The second-order valence-electron chi connectivity index (χ2n) is 7.83. The summed E-state index contributed by atoms with van der Waals surface area (Å²) in [5.74, 6) is -0.124. The minimum absolute atomic E-state index is 0.0126. The number of aromatic nitrogens is 3. The molecule has 3 aromatic rings. The van der Waals surface area contributed by atoms with Gasteiger partial charge in [0.2, 0.25) is 0 Å². The number of rotatable bonds is 9. The molecule has 3 rings (SSSR count). The summed E-state index contributed by atoms with van der Waals surface area (Å²) in [6, 6.07) is 14.7. The van der Waals surface area contributed by atoms with Crippen molar-refractivity contribution in [2.24, 2.45) is 0 Å². The third-order valence-corrected chi connectivity index (χ3v) is 5.22. The molecule has 0 aliphatic rings. The molecule has 0 spiro atoms. The number of aryl methyl sites for hydroxylation is 1. The van der Waals surface area contributed by atoms with Crippen LogP contribution < -0.4 is 5.69 Å². The van der Waals surface area contributed by atoms with Crippen LogP contribution >= 0.6 is 0 Å². The summed E-state index contributed by atoms with van der Waals surface area (Å²) in [4.78, 5) is 24.4. The zero-order chi connectivity index (χ0) is 21.7. The zero-order valence-electron chi connectivity index (χ0n) is 17.8. The van der Waals surface area contributed by atoms with Crippen LogP contribution in [0.1, 0.15) is 67.8 Å². The molecule has 6 nitrogen and oxygen atoms in total. The highest BCUT2D eigenvalue weighted by Crippen LogP contribution is 2.24. The van der Waals surface area contributed by atoms with Crippen LogP contribution in [-0.2, 0) is 13.0 Å². The quantitative estimate of drug-likeness (QED) is 0.518. The monoisotopic (exact) mass is 407 g/mol. The van der Waals surface area contributed by atoms with Crippen LogP contribution in [-0.4, -0.2) is 25.4 Å². The second kappa shape index (κ2) is 9.57. The lowest BCUT2D eigenvalue weighted by atomic mass is 9.99. The van der Waals surface area contributed by atoms with Crippen molar-refractivity contribution in [2.75, 3.05) is 0 Å². The summed E-state index contributed by atoms with van der Waals surface area (Å²) < 4.78 is 3.31. The van der Waals surface area contributed by atoms with Gasteiger partial charge < -0.3 is 5.11 Å². The van der Waals surface area contributed by atoms with Crippen molar-refractivity contribution >= 4 is 5.97 Å². The van der Waals surface area contributed by atoms with Crippen molar-refractivity contribution in [2.45, 2.75) is 59.0 Å². The predicted molar refractivity (Wildman–Crippen MR) is 118 cm³/mol. The van der Waals surface area contributed by atoms with Gasteiger partial charge in [-0.2, -0.15) is 5.10 Å². The number of hydrogen-bond acceptors (Lipinski definition) is 3. The first-order valence-corrected chi connectivity index (χ1v) is 10.5.